The molecule has 0 saturated heterocycles. The van der Waals surface area contributed by atoms with Crippen LogP contribution in [0.5, 0.6) is 11.6 Å². The lowest BCUT2D eigenvalue weighted by Crippen LogP contribution is -1.91. The molecule has 1 aromatic heterocycles. The van der Waals surface area contributed by atoms with Crippen LogP contribution in [0.25, 0.3) is 0 Å². The Morgan fingerprint density at radius 2 is 2.19 bits per heavy atom. The highest BCUT2D eigenvalue weighted by Gasteiger charge is 2.07. The van der Waals surface area contributed by atoms with Gasteiger partial charge in [-0.05, 0) is 34.1 Å². The summed E-state index contributed by atoms with van der Waals surface area (Å²) < 4.78 is 18.7. The maximum atomic E-state index is 12.8. The zero-order valence-corrected chi connectivity index (χ0v) is 10.2. The van der Waals surface area contributed by atoms with Crippen molar-refractivity contribution in [1.82, 2.24) is 9.97 Å². The number of rotatable bonds is 2. The Balaban J connectivity index is 2.31. The molecule has 0 aliphatic carbocycles. The molecular weight excluding hydrogens is 298 g/mol. The number of nitrogens with zero attached hydrogens (tertiary/aromatic N) is 2. The molecule has 2 aromatic rings. The Morgan fingerprint density at radius 3 is 2.88 bits per heavy atom. The fourth-order valence-corrected chi connectivity index (χ4v) is 1.61. The van der Waals surface area contributed by atoms with Crippen LogP contribution in [0.15, 0.2) is 35.2 Å². The molecule has 0 fully saturated rings. The minimum absolute atomic E-state index is 0.226. The van der Waals surface area contributed by atoms with Crippen molar-refractivity contribution < 1.29 is 9.13 Å². The Hall–Kier alpha value is -1.20. The van der Waals surface area contributed by atoms with Gasteiger partial charge in [0.05, 0.1) is 10.7 Å². The summed E-state index contributed by atoms with van der Waals surface area (Å²) in [7, 11) is 0. The zero-order chi connectivity index (χ0) is 11.5. The van der Waals surface area contributed by atoms with Gasteiger partial charge in [-0.15, -0.1) is 0 Å². The summed E-state index contributed by atoms with van der Waals surface area (Å²) >= 11 is 9.00. The van der Waals surface area contributed by atoms with Crippen molar-refractivity contribution in [3.05, 3.63) is 46.0 Å². The number of aromatic nitrogens is 2. The molecule has 2 rings (SSSR count). The van der Waals surface area contributed by atoms with Crippen LogP contribution in [0.4, 0.5) is 4.39 Å². The van der Waals surface area contributed by atoms with E-state index in [1.807, 2.05) is 0 Å². The molecule has 0 aliphatic rings. The average Bonchev–Trinajstić information content (AvgIpc) is 2.25. The summed E-state index contributed by atoms with van der Waals surface area (Å²) in [5.41, 5.74) is 0. The Kier molecular flexibility index (Phi) is 3.36. The van der Waals surface area contributed by atoms with Gasteiger partial charge in [-0.25, -0.2) is 14.4 Å². The monoisotopic (exact) mass is 302 g/mol. The van der Waals surface area contributed by atoms with Crippen LogP contribution in [-0.4, -0.2) is 9.97 Å². The molecular formula is C10H5BrClFN2O. The highest BCUT2D eigenvalue weighted by molar-refractivity contribution is 9.10. The molecule has 82 valence electrons. The number of hydrogen-bond donors (Lipinski definition) is 0. The third-order valence-corrected chi connectivity index (χ3v) is 2.61. The minimum Gasteiger partial charge on any atom is -0.436 e. The van der Waals surface area contributed by atoms with Gasteiger partial charge in [0.1, 0.15) is 22.9 Å². The maximum absolute atomic E-state index is 12.8. The highest BCUT2D eigenvalue weighted by atomic mass is 79.9. The molecule has 0 atom stereocenters. The maximum Gasteiger partial charge on any atom is 0.241 e. The first-order valence-electron chi connectivity index (χ1n) is 4.25. The van der Waals surface area contributed by atoms with Crippen LogP contribution >= 0.6 is 27.5 Å². The molecule has 1 heterocycles. The molecule has 1 aromatic carbocycles. The largest absolute Gasteiger partial charge is 0.436 e. The van der Waals surface area contributed by atoms with E-state index < -0.39 is 0 Å². The topological polar surface area (TPSA) is 35.0 Å². The number of ether oxygens (including phenoxy) is 1. The predicted octanol–water partition coefficient (Wildman–Crippen LogP) is 3.82. The first-order chi connectivity index (χ1) is 7.66. The van der Waals surface area contributed by atoms with E-state index >= 15 is 0 Å². The Bertz CT molecular complexity index is 524. The summed E-state index contributed by atoms with van der Waals surface area (Å²) in [6, 6.07) is 4.07. The van der Waals surface area contributed by atoms with Gasteiger partial charge in [-0.3, -0.25) is 0 Å². The standard InChI is InChI=1S/C10H5BrClFN2O/c11-7-3-6(13)1-2-9(7)16-10-8(12)4-14-5-15-10/h1-5H. The minimum atomic E-state index is -0.354. The van der Waals surface area contributed by atoms with Gasteiger partial charge in [-0.2, -0.15) is 0 Å². The molecule has 0 aliphatic heterocycles. The summed E-state index contributed by atoms with van der Waals surface area (Å²) in [5, 5.41) is 0.290. The summed E-state index contributed by atoms with van der Waals surface area (Å²) in [6.45, 7) is 0. The molecule has 0 bridgehead atoms. The average molecular weight is 304 g/mol. The van der Waals surface area contributed by atoms with Crippen LogP contribution in [-0.2, 0) is 0 Å². The fourth-order valence-electron chi connectivity index (χ4n) is 1.04. The third kappa shape index (κ3) is 2.48. The van der Waals surface area contributed by atoms with Crippen molar-refractivity contribution in [2.24, 2.45) is 0 Å². The quantitative estimate of drug-likeness (QED) is 0.846. The van der Waals surface area contributed by atoms with Gasteiger partial charge in [0.2, 0.25) is 5.88 Å². The molecule has 0 unspecified atom stereocenters. The number of halogens is 3. The summed E-state index contributed by atoms with van der Waals surface area (Å²) in [4.78, 5) is 7.59. The molecule has 3 nitrogen and oxygen atoms in total. The fraction of sp³-hybridized carbons (Fsp3) is 0. The number of benzene rings is 1. The van der Waals surface area contributed by atoms with Crippen LogP contribution in [0.1, 0.15) is 0 Å². The van der Waals surface area contributed by atoms with Crippen LogP contribution in [0.3, 0.4) is 0 Å². The van der Waals surface area contributed by atoms with E-state index in [9.17, 15) is 4.39 Å². The lowest BCUT2D eigenvalue weighted by molar-refractivity contribution is 0.457. The second-order valence-electron chi connectivity index (χ2n) is 2.85. The van der Waals surface area contributed by atoms with Crippen LogP contribution < -0.4 is 4.74 Å². The smallest absolute Gasteiger partial charge is 0.241 e. The van der Waals surface area contributed by atoms with E-state index in [2.05, 4.69) is 25.9 Å². The van der Waals surface area contributed by atoms with E-state index in [0.717, 1.165) is 0 Å². The molecule has 16 heavy (non-hydrogen) atoms. The first kappa shape index (κ1) is 11.3. The number of hydrogen-bond acceptors (Lipinski definition) is 3. The zero-order valence-electron chi connectivity index (χ0n) is 7.82. The van der Waals surface area contributed by atoms with E-state index in [1.54, 1.807) is 0 Å². The van der Waals surface area contributed by atoms with Crippen LogP contribution in [0.2, 0.25) is 5.02 Å². The molecule has 0 spiro atoms. The van der Waals surface area contributed by atoms with Crippen molar-refractivity contribution in [2.45, 2.75) is 0 Å². The second kappa shape index (κ2) is 4.76. The molecule has 0 amide bonds. The summed E-state index contributed by atoms with van der Waals surface area (Å²) in [6.07, 6.45) is 2.74. The molecule has 0 saturated carbocycles. The summed E-state index contributed by atoms with van der Waals surface area (Å²) in [5.74, 6) is 0.305. The van der Waals surface area contributed by atoms with E-state index in [-0.39, 0.29) is 11.7 Å². The lowest BCUT2D eigenvalue weighted by atomic mass is 10.3. The Morgan fingerprint density at radius 1 is 1.38 bits per heavy atom. The molecule has 0 radical (unpaired) electrons. The Labute approximate surface area is 104 Å². The van der Waals surface area contributed by atoms with Gasteiger partial charge < -0.3 is 4.74 Å². The van der Waals surface area contributed by atoms with E-state index in [4.69, 9.17) is 16.3 Å². The second-order valence-corrected chi connectivity index (χ2v) is 4.11. The van der Waals surface area contributed by atoms with Crippen molar-refractivity contribution in [3.63, 3.8) is 0 Å². The van der Waals surface area contributed by atoms with Crippen molar-refractivity contribution in [2.75, 3.05) is 0 Å². The van der Waals surface area contributed by atoms with Crippen molar-refractivity contribution in [3.8, 4) is 11.6 Å². The highest BCUT2D eigenvalue weighted by Crippen LogP contribution is 2.31. The predicted molar refractivity (Wildman–Crippen MR) is 61.2 cm³/mol. The van der Waals surface area contributed by atoms with E-state index in [0.29, 0.717) is 15.2 Å². The van der Waals surface area contributed by atoms with Gasteiger partial charge in [0, 0.05) is 0 Å². The van der Waals surface area contributed by atoms with Crippen molar-refractivity contribution >= 4 is 27.5 Å². The first-order valence-corrected chi connectivity index (χ1v) is 5.42. The van der Waals surface area contributed by atoms with E-state index in [1.165, 1.54) is 30.7 Å². The van der Waals surface area contributed by atoms with Crippen LogP contribution in [0, 0.1) is 5.82 Å². The normalized spacial score (nSPS) is 10.2. The van der Waals surface area contributed by atoms with Crippen molar-refractivity contribution in [1.29, 1.82) is 0 Å². The lowest BCUT2D eigenvalue weighted by Gasteiger charge is -2.07. The van der Waals surface area contributed by atoms with Gasteiger partial charge in [-0.1, -0.05) is 11.6 Å². The van der Waals surface area contributed by atoms with Gasteiger partial charge in [0.15, 0.2) is 0 Å². The van der Waals surface area contributed by atoms with Gasteiger partial charge in [0.25, 0.3) is 0 Å². The molecule has 6 heteroatoms. The molecule has 0 N–H and O–H groups in total. The third-order valence-electron chi connectivity index (χ3n) is 1.73. The van der Waals surface area contributed by atoms with Gasteiger partial charge >= 0.3 is 0 Å². The SMILES string of the molecule is Fc1ccc(Oc2ncncc2Cl)c(Br)c1.